The summed E-state index contributed by atoms with van der Waals surface area (Å²) in [5, 5.41) is 8.26. The maximum atomic E-state index is 13.2. The number of thiazole rings is 1. The third-order valence-corrected chi connectivity index (χ3v) is 6.22. The van der Waals surface area contributed by atoms with E-state index in [2.05, 4.69) is 26.0 Å². The van der Waals surface area contributed by atoms with Gasteiger partial charge in [-0.05, 0) is 53.9 Å². The first-order chi connectivity index (χ1) is 13.6. The van der Waals surface area contributed by atoms with Gasteiger partial charge >= 0.3 is 0 Å². The fourth-order valence-electron chi connectivity index (χ4n) is 2.49. The van der Waals surface area contributed by atoms with Crippen LogP contribution in [0.5, 0.6) is 5.75 Å². The van der Waals surface area contributed by atoms with Crippen LogP contribution in [-0.2, 0) is 0 Å². The van der Waals surface area contributed by atoms with Crippen LogP contribution in [0.25, 0.3) is 10.2 Å². The Hall–Kier alpha value is -2.55. The zero-order valence-corrected chi connectivity index (χ0v) is 17.9. The number of thiophene rings is 1. The fourth-order valence-corrected chi connectivity index (χ4v) is 4.29. The van der Waals surface area contributed by atoms with Crippen molar-refractivity contribution in [2.24, 2.45) is 5.10 Å². The maximum absolute atomic E-state index is 13.2. The van der Waals surface area contributed by atoms with Gasteiger partial charge in [-0.15, -0.1) is 11.3 Å². The number of fused-ring (bicyclic) bond motifs is 1. The van der Waals surface area contributed by atoms with Crippen molar-refractivity contribution in [3.8, 4) is 5.75 Å². The Bertz CT molecular complexity index is 1140. The number of amides is 1. The van der Waals surface area contributed by atoms with Gasteiger partial charge in [-0.2, -0.15) is 10.1 Å². The van der Waals surface area contributed by atoms with Gasteiger partial charge < -0.3 is 4.74 Å². The number of ether oxygens (including phenoxy) is 1. The second-order valence-corrected chi connectivity index (χ2v) is 8.62. The molecule has 2 aromatic carbocycles. The minimum Gasteiger partial charge on any atom is -0.497 e. The molecule has 0 N–H and O–H groups in total. The topological polar surface area (TPSA) is 54.8 Å². The Morgan fingerprint density at radius 3 is 2.75 bits per heavy atom. The van der Waals surface area contributed by atoms with Gasteiger partial charge in [0.15, 0.2) is 0 Å². The number of hydrazone groups is 1. The van der Waals surface area contributed by atoms with E-state index in [0.29, 0.717) is 10.7 Å². The normalized spacial score (nSPS) is 11.2. The highest BCUT2D eigenvalue weighted by atomic mass is 79.9. The van der Waals surface area contributed by atoms with Crippen LogP contribution in [0.3, 0.4) is 0 Å². The monoisotopic (exact) mass is 471 g/mol. The third-order valence-electron chi connectivity index (χ3n) is 3.89. The molecule has 0 atom stereocenters. The average molecular weight is 472 g/mol. The van der Waals surface area contributed by atoms with Gasteiger partial charge in [-0.25, -0.2) is 4.98 Å². The standard InChI is InChI=1S/C20H14BrN3O2S2/c1-26-15-8-9-17-18(11-15)28-20(23-17)24(22-12-16-3-2-10-27-16)19(25)13-4-6-14(21)7-5-13/h2-12H,1H3/b22-12+. The molecule has 4 aromatic rings. The molecule has 0 aliphatic rings. The van der Waals surface area contributed by atoms with Crippen LogP contribution in [0.1, 0.15) is 15.2 Å². The Morgan fingerprint density at radius 1 is 1.21 bits per heavy atom. The molecule has 4 rings (SSSR count). The number of halogens is 1. The van der Waals surface area contributed by atoms with Crippen LogP contribution in [0, 0.1) is 0 Å². The van der Waals surface area contributed by atoms with Crippen LogP contribution in [0.15, 0.2) is 69.6 Å². The van der Waals surface area contributed by atoms with Gasteiger partial charge in [0.05, 0.1) is 23.5 Å². The summed E-state index contributed by atoms with van der Waals surface area (Å²) in [6.07, 6.45) is 1.67. The SMILES string of the molecule is COc1ccc2nc(N(/N=C/c3cccs3)C(=O)c3ccc(Br)cc3)sc2c1. The van der Waals surface area contributed by atoms with E-state index in [1.165, 1.54) is 16.3 Å². The fraction of sp³-hybridized carbons (Fsp3) is 0.0500. The minimum absolute atomic E-state index is 0.244. The van der Waals surface area contributed by atoms with E-state index in [9.17, 15) is 4.79 Å². The number of rotatable bonds is 5. The lowest BCUT2D eigenvalue weighted by molar-refractivity contribution is 0.0988. The van der Waals surface area contributed by atoms with Gasteiger partial charge in [0.25, 0.3) is 5.91 Å². The van der Waals surface area contributed by atoms with Crippen LogP contribution >= 0.6 is 38.6 Å². The molecule has 5 nitrogen and oxygen atoms in total. The Kier molecular flexibility index (Phi) is 5.52. The van der Waals surface area contributed by atoms with Crippen LogP contribution < -0.4 is 9.75 Å². The maximum Gasteiger partial charge on any atom is 0.280 e. The van der Waals surface area contributed by atoms with E-state index in [4.69, 9.17) is 4.74 Å². The second kappa shape index (κ2) is 8.22. The molecule has 0 fully saturated rings. The molecule has 0 radical (unpaired) electrons. The first kappa shape index (κ1) is 18.8. The summed E-state index contributed by atoms with van der Waals surface area (Å²) in [7, 11) is 1.62. The minimum atomic E-state index is -0.244. The number of hydrogen-bond donors (Lipinski definition) is 0. The molecule has 28 heavy (non-hydrogen) atoms. The van der Waals surface area contributed by atoms with Crippen LogP contribution in [-0.4, -0.2) is 24.2 Å². The summed E-state index contributed by atoms with van der Waals surface area (Å²) in [6.45, 7) is 0. The highest BCUT2D eigenvalue weighted by molar-refractivity contribution is 9.10. The van der Waals surface area contributed by atoms with Crippen molar-refractivity contribution in [3.05, 3.63) is 74.9 Å². The van der Waals surface area contributed by atoms with Gasteiger partial charge in [-0.3, -0.25) is 4.79 Å². The number of methoxy groups -OCH3 is 1. The molecule has 0 bridgehead atoms. The van der Waals surface area contributed by atoms with Gasteiger partial charge in [0.2, 0.25) is 5.13 Å². The van der Waals surface area contributed by atoms with Crippen LogP contribution in [0.4, 0.5) is 5.13 Å². The summed E-state index contributed by atoms with van der Waals surface area (Å²) < 4.78 is 7.11. The summed E-state index contributed by atoms with van der Waals surface area (Å²) in [6, 6.07) is 16.7. The zero-order chi connectivity index (χ0) is 19.5. The number of carbonyl (C=O) groups is 1. The zero-order valence-electron chi connectivity index (χ0n) is 14.7. The number of hydrogen-bond acceptors (Lipinski definition) is 6. The molecule has 0 saturated heterocycles. The molecule has 0 aliphatic carbocycles. The van der Waals surface area contributed by atoms with Crippen molar-refractivity contribution in [1.82, 2.24) is 4.98 Å². The Balaban J connectivity index is 1.75. The molecule has 0 aliphatic heterocycles. The lowest BCUT2D eigenvalue weighted by Crippen LogP contribution is -2.25. The number of aromatic nitrogens is 1. The van der Waals surface area contributed by atoms with E-state index in [1.807, 2.05) is 47.8 Å². The number of nitrogens with zero attached hydrogens (tertiary/aromatic N) is 3. The smallest absolute Gasteiger partial charge is 0.280 e. The van der Waals surface area contributed by atoms with Gasteiger partial charge in [-0.1, -0.05) is 33.3 Å². The Morgan fingerprint density at radius 2 is 2.04 bits per heavy atom. The highest BCUT2D eigenvalue weighted by Crippen LogP contribution is 2.32. The summed E-state index contributed by atoms with van der Waals surface area (Å²) >= 11 is 6.34. The quantitative estimate of drug-likeness (QED) is 0.272. The van der Waals surface area contributed by atoms with Gasteiger partial charge in [0, 0.05) is 14.9 Å². The number of benzene rings is 2. The lowest BCUT2D eigenvalue weighted by Gasteiger charge is -2.13. The molecule has 140 valence electrons. The van der Waals surface area contributed by atoms with Crippen molar-refractivity contribution < 1.29 is 9.53 Å². The van der Waals surface area contributed by atoms with Gasteiger partial charge in [0.1, 0.15) is 5.75 Å². The van der Waals surface area contributed by atoms with E-state index in [1.54, 1.807) is 36.8 Å². The molecule has 2 heterocycles. The number of anilines is 1. The second-order valence-electron chi connectivity index (χ2n) is 5.71. The number of carbonyl (C=O) groups excluding carboxylic acids is 1. The molecule has 0 spiro atoms. The highest BCUT2D eigenvalue weighted by Gasteiger charge is 2.21. The van der Waals surface area contributed by atoms with Crippen molar-refractivity contribution in [2.45, 2.75) is 0 Å². The molecule has 0 saturated carbocycles. The van der Waals surface area contributed by atoms with Crippen LogP contribution in [0.2, 0.25) is 0 Å². The molecule has 8 heteroatoms. The third kappa shape index (κ3) is 3.99. The molecule has 2 aromatic heterocycles. The van der Waals surface area contributed by atoms with E-state index >= 15 is 0 Å². The first-order valence-electron chi connectivity index (χ1n) is 8.26. The molecule has 0 unspecified atom stereocenters. The van der Waals surface area contributed by atoms with Crippen molar-refractivity contribution in [1.29, 1.82) is 0 Å². The Labute approximate surface area is 178 Å². The van der Waals surface area contributed by atoms with Crippen molar-refractivity contribution in [3.63, 3.8) is 0 Å². The molecular formula is C20H14BrN3O2S2. The largest absolute Gasteiger partial charge is 0.497 e. The van der Waals surface area contributed by atoms with E-state index < -0.39 is 0 Å². The predicted octanol–water partition coefficient (Wildman–Crippen LogP) is 5.81. The molecular weight excluding hydrogens is 458 g/mol. The summed E-state index contributed by atoms with van der Waals surface area (Å²) in [5.74, 6) is 0.502. The summed E-state index contributed by atoms with van der Waals surface area (Å²) in [5.41, 5.74) is 1.32. The van der Waals surface area contributed by atoms with E-state index in [0.717, 1.165) is 25.3 Å². The van der Waals surface area contributed by atoms with Crippen molar-refractivity contribution in [2.75, 3.05) is 12.1 Å². The first-order valence-corrected chi connectivity index (χ1v) is 10.7. The lowest BCUT2D eigenvalue weighted by atomic mass is 10.2. The predicted molar refractivity (Wildman–Crippen MR) is 119 cm³/mol. The molecule has 1 amide bonds. The van der Waals surface area contributed by atoms with Crippen molar-refractivity contribution >= 4 is 66.1 Å². The summed E-state index contributed by atoms with van der Waals surface area (Å²) in [4.78, 5) is 18.7. The van der Waals surface area contributed by atoms with E-state index in [-0.39, 0.29) is 5.91 Å². The average Bonchev–Trinajstić information content (AvgIpc) is 3.37.